The predicted octanol–water partition coefficient (Wildman–Crippen LogP) is 0.583. The van der Waals surface area contributed by atoms with E-state index in [-0.39, 0.29) is 43.4 Å². The number of hydrogen-bond acceptors (Lipinski definition) is 7. The number of carbonyl (C=O) groups excluding carboxylic acids is 3. The number of fused-ring (bicyclic) bond motifs is 4. The maximum absolute atomic E-state index is 13.9. The van der Waals surface area contributed by atoms with Crippen LogP contribution in [0, 0.1) is 30.1 Å². The van der Waals surface area contributed by atoms with Gasteiger partial charge < -0.3 is 16.0 Å². The Hall–Kier alpha value is -4.42. The molecule has 13 nitrogen and oxygen atoms in total. The highest BCUT2D eigenvalue weighted by atomic mass is 16.2. The van der Waals surface area contributed by atoms with E-state index in [4.69, 9.17) is 11.5 Å². The molecule has 0 spiro atoms. The molecular weight excluding hydrogens is 528 g/mol. The minimum atomic E-state index is -1.10. The van der Waals surface area contributed by atoms with Gasteiger partial charge in [-0.25, -0.2) is 9.78 Å². The summed E-state index contributed by atoms with van der Waals surface area (Å²) in [6.45, 7) is 9.12. The molecule has 3 heterocycles. The number of benzene rings is 1. The zero-order chi connectivity index (χ0) is 30.2. The van der Waals surface area contributed by atoms with Gasteiger partial charge in [0.15, 0.2) is 17.5 Å². The number of imide groups is 1. The number of aliphatic imine (C=N–C) groups is 1. The van der Waals surface area contributed by atoms with Crippen molar-refractivity contribution in [2.24, 2.45) is 39.8 Å². The Labute approximate surface area is 235 Å². The van der Waals surface area contributed by atoms with Crippen LogP contribution in [0.5, 0.6) is 0 Å². The van der Waals surface area contributed by atoms with Gasteiger partial charge in [0.2, 0.25) is 11.8 Å². The van der Waals surface area contributed by atoms with Gasteiger partial charge in [-0.2, -0.15) is 9.98 Å². The van der Waals surface area contributed by atoms with Gasteiger partial charge in [0.25, 0.3) is 11.5 Å². The maximum Gasteiger partial charge on any atom is 0.352 e. The van der Waals surface area contributed by atoms with E-state index in [0.717, 1.165) is 15.7 Å². The van der Waals surface area contributed by atoms with E-state index in [9.17, 15) is 24.0 Å². The lowest BCUT2D eigenvalue weighted by Gasteiger charge is -2.55. The molecule has 13 heteroatoms. The Morgan fingerprint density at radius 2 is 1.51 bits per heavy atom. The molecular formula is C28H34N8O5. The summed E-state index contributed by atoms with van der Waals surface area (Å²) in [5, 5.41) is 0. The average molecular weight is 563 g/mol. The zero-order valence-electron chi connectivity index (χ0n) is 24.1. The first-order chi connectivity index (χ1) is 19.0. The van der Waals surface area contributed by atoms with Crippen molar-refractivity contribution in [3.8, 4) is 11.5 Å². The summed E-state index contributed by atoms with van der Waals surface area (Å²) in [6, 6.07) is 3.74. The Morgan fingerprint density at radius 3 is 2.10 bits per heavy atom. The fraction of sp³-hybridized carbons (Fsp3) is 0.500. The van der Waals surface area contributed by atoms with Crippen molar-refractivity contribution >= 4 is 34.7 Å². The number of nitrogens with zero attached hydrogens (tertiary/aromatic N) is 6. The summed E-state index contributed by atoms with van der Waals surface area (Å²) in [5.41, 5.74) is 9.55. The first-order valence-corrected chi connectivity index (χ1v) is 13.4. The topological polar surface area (TPSA) is 189 Å². The third-order valence-corrected chi connectivity index (χ3v) is 8.74. The normalized spacial score (nSPS) is 26.0. The van der Waals surface area contributed by atoms with E-state index in [1.54, 1.807) is 25.3 Å². The van der Waals surface area contributed by atoms with Gasteiger partial charge in [0.05, 0.1) is 16.4 Å². The summed E-state index contributed by atoms with van der Waals surface area (Å²) in [4.78, 5) is 79.9. The van der Waals surface area contributed by atoms with Crippen molar-refractivity contribution < 1.29 is 14.4 Å². The molecule has 41 heavy (non-hydrogen) atoms. The highest BCUT2D eigenvalue weighted by Crippen LogP contribution is 2.58. The maximum atomic E-state index is 13.9. The van der Waals surface area contributed by atoms with Crippen LogP contribution in [0.15, 0.2) is 26.7 Å². The number of carbonyl (C=O) groups is 3. The van der Waals surface area contributed by atoms with Crippen LogP contribution in [0.3, 0.4) is 0 Å². The third kappa shape index (κ3) is 4.30. The number of nitrogens with two attached hydrogens (primary N) is 2. The fourth-order valence-electron chi connectivity index (χ4n) is 7.02. The van der Waals surface area contributed by atoms with Gasteiger partial charge in [-0.3, -0.25) is 28.6 Å². The number of amides is 3. The second-order valence-electron chi connectivity index (χ2n) is 12.4. The van der Waals surface area contributed by atoms with Crippen LogP contribution in [0.1, 0.15) is 51.2 Å². The molecule has 216 valence electrons. The van der Waals surface area contributed by atoms with Gasteiger partial charge in [-0.1, -0.05) is 20.8 Å². The molecule has 2 bridgehead atoms. The summed E-state index contributed by atoms with van der Waals surface area (Å²) >= 11 is 0. The average Bonchev–Trinajstić information content (AvgIpc) is 2.86. The molecule has 2 fully saturated rings. The first-order valence-electron chi connectivity index (χ1n) is 13.4. The largest absolute Gasteiger partial charge is 0.370 e. The lowest BCUT2D eigenvalue weighted by Crippen LogP contribution is -2.64. The minimum absolute atomic E-state index is 0.0175. The fourth-order valence-corrected chi connectivity index (χ4v) is 7.02. The standard InChI is InChI=1S/C28H34N8O5/c1-14-9-16-17(10-15(14)2)35(19-18(31-16)20(37)34(6)25(41)32-19)7-8-36-22(39)27(4)11-26(3,21(38)33-24(29)30)12-28(5,13-27)23(36)40/h9-10H,7-8,11-13H2,1-6H3,(H4,29,30,33,38)/t26?,27-,28+. The molecule has 1 aromatic carbocycles. The third-order valence-electron chi connectivity index (χ3n) is 8.74. The van der Waals surface area contributed by atoms with Crippen molar-refractivity contribution in [2.45, 2.75) is 60.4 Å². The number of aromatic nitrogens is 4. The molecule has 1 saturated carbocycles. The molecule has 5 rings (SSSR count). The Morgan fingerprint density at radius 1 is 0.927 bits per heavy atom. The van der Waals surface area contributed by atoms with Crippen LogP contribution in [0.25, 0.3) is 22.6 Å². The number of aryl methyl sites for hydroxylation is 2. The molecule has 3 amide bonds. The van der Waals surface area contributed by atoms with E-state index in [2.05, 4.69) is 15.0 Å². The van der Waals surface area contributed by atoms with E-state index in [0.29, 0.717) is 17.5 Å². The minimum Gasteiger partial charge on any atom is -0.370 e. The molecule has 3 aliphatic heterocycles. The summed E-state index contributed by atoms with van der Waals surface area (Å²) in [7, 11) is 1.34. The van der Waals surface area contributed by atoms with Crippen molar-refractivity contribution in [2.75, 3.05) is 6.54 Å². The number of rotatable bonds is 4. The van der Waals surface area contributed by atoms with Gasteiger partial charge in [0.1, 0.15) is 0 Å². The van der Waals surface area contributed by atoms with E-state index in [1.807, 2.05) is 26.0 Å². The molecule has 0 aromatic heterocycles. The lowest BCUT2D eigenvalue weighted by molar-refractivity contribution is -0.179. The highest BCUT2D eigenvalue weighted by Gasteiger charge is 2.63. The van der Waals surface area contributed by atoms with Crippen LogP contribution in [-0.2, 0) is 28.0 Å². The predicted molar refractivity (Wildman–Crippen MR) is 151 cm³/mol. The van der Waals surface area contributed by atoms with Crippen LogP contribution in [-0.4, -0.2) is 54.2 Å². The van der Waals surface area contributed by atoms with Gasteiger partial charge in [-0.15, -0.1) is 0 Å². The van der Waals surface area contributed by atoms with Crippen molar-refractivity contribution in [3.05, 3.63) is 44.1 Å². The molecule has 1 aromatic rings. The molecule has 0 radical (unpaired) electrons. The molecule has 1 saturated heterocycles. The summed E-state index contributed by atoms with van der Waals surface area (Å²) < 4.78 is 2.57. The SMILES string of the molecule is Cc1cc2nc3c(=O)n(C)c(=O)nc-3n(CCN3C(=O)[C@@]4(C)CC(C)(C(=O)N=C(N)N)C[C@](C)(C4)C3=O)c2cc1C. The molecule has 3 atom stereocenters. The van der Waals surface area contributed by atoms with E-state index in [1.165, 1.54) is 11.9 Å². The lowest BCUT2D eigenvalue weighted by atomic mass is 9.51. The first kappa shape index (κ1) is 28.1. The number of guanidine groups is 1. The smallest absolute Gasteiger partial charge is 0.352 e. The molecule has 1 aliphatic carbocycles. The van der Waals surface area contributed by atoms with Crippen molar-refractivity contribution in [3.63, 3.8) is 0 Å². The van der Waals surface area contributed by atoms with Crippen LogP contribution >= 0.6 is 0 Å². The number of hydrogen-bond donors (Lipinski definition) is 2. The number of piperidine rings is 1. The van der Waals surface area contributed by atoms with Gasteiger partial charge >= 0.3 is 5.69 Å². The van der Waals surface area contributed by atoms with Crippen LogP contribution in [0.2, 0.25) is 0 Å². The molecule has 4 aliphatic rings. The second kappa shape index (κ2) is 9.05. The van der Waals surface area contributed by atoms with Crippen molar-refractivity contribution in [1.29, 1.82) is 0 Å². The summed E-state index contributed by atoms with van der Waals surface area (Å²) in [5.74, 6) is -1.64. The van der Waals surface area contributed by atoms with Gasteiger partial charge in [0, 0.05) is 31.0 Å². The molecule has 1 unspecified atom stereocenters. The van der Waals surface area contributed by atoms with Crippen LogP contribution < -0.4 is 22.7 Å². The van der Waals surface area contributed by atoms with E-state index >= 15 is 0 Å². The monoisotopic (exact) mass is 562 g/mol. The van der Waals surface area contributed by atoms with Gasteiger partial charge in [-0.05, 0) is 56.4 Å². The highest BCUT2D eigenvalue weighted by molar-refractivity contribution is 6.05. The van der Waals surface area contributed by atoms with E-state index < -0.39 is 45.2 Å². The Bertz CT molecular complexity index is 1750. The quantitative estimate of drug-likeness (QED) is 0.198. The molecule has 4 N–H and O–H groups in total. The Kier molecular flexibility index (Phi) is 6.20. The van der Waals surface area contributed by atoms with Crippen LogP contribution in [0.4, 0.5) is 0 Å². The second-order valence-corrected chi connectivity index (χ2v) is 12.4. The number of likely N-dealkylation sites (tertiary alicyclic amines) is 1. The Balaban J connectivity index is 1.58. The summed E-state index contributed by atoms with van der Waals surface area (Å²) in [6.07, 6.45) is 0.651. The zero-order valence-corrected chi connectivity index (χ0v) is 24.1. The van der Waals surface area contributed by atoms with Crippen molar-refractivity contribution in [1.82, 2.24) is 24.0 Å².